The zero-order chi connectivity index (χ0) is 13.9. The van der Waals surface area contributed by atoms with Gasteiger partial charge < -0.3 is 11.5 Å². The molecule has 3 rings (SSSR count). The van der Waals surface area contributed by atoms with E-state index in [-0.39, 0.29) is 0 Å². The largest absolute Gasteiger partial charge is 0.396 e. The molecule has 0 unspecified atom stereocenters. The monoisotopic (exact) mass is 263 g/mol. The van der Waals surface area contributed by atoms with Crippen LogP contribution in [0.2, 0.25) is 0 Å². The lowest BCUT2D eigenvalue weighted by Crippen LogP contribution is -2.02. The van der Waals surface area contributed by atoms with E-state index < -0.39 is 0 Å². The Labute approximate surface area is 116 Å². The third-order valence-electron chi connectivity index (χ3n) is 2.93. The fraction of sp³-hybridized carbons (Fsp3) is 0. The Hall–Kier alpha value is -2.95. The summed E-state index contributed by atoms with van der Waals surface area (Å²) < 4.78 is 0. The van der Waals surface area contributed by atoms with Gasteiger partial charge in [-0.3, -0.25) is 9.97 Å². The van der Waals surface area contributed by atoms with Gasteiger partial charge in [0, 0.05) is 18.0 Å². The van der Waals surface area contributed by atoms with Crippen LogP contribution in [0.15, 0.2) is 54.9 Å². The van der Waals surface area contributed by atoms with Gasteiger partial charge in [-0.2, -0.15) is 0 Å². The lowest BCUT2D eigenvalue weighted by molar-refractivity contribution is 1.24. The first-order chi connectivity index (χ1) is 9.75. The van der Waals surface area contributed by atoms with E-state index >= 15 is 0 Å². The molecule has 0 aromatic carbocycles. The second-order valence-electron chi connectivity index (χ2n) is 4.29. The van der Waals surface area contributed by atoms with Crippen molar-refractivity contribution in [2.75, 3.05) is 11.5 Å². The highest BCUT2D eigenvalue weighted by atomic mass is 14.9. The third-order valence-corrected chi connectivity index (χ3v) is 2.93. The lowest BCUT2D eigenvalue weighted by atomic mass is 10.1. The molecule has 98 valence electrons. The van der Waals surface area contributed by atoms with Crippen LogP contribution in [0.1, 0.15) is 0 Å². The standard InChI is InChI=1S/C15H13N5/c16-11-9-10(12-5-1-3-7-18-12)14(20-15(11)17)13-6-2-4-8-19-13/h1-9H,16H2,(H2,17,20). The number of nitrogen functional groups attached to an aromatic ring is 2. The highest BCUT2D eigenvalue weighted by Crippen LogP contribution is 2.31. The van der Waals surface area contributed by atoms with Crippen molar-refractivity contribution in [3.63, 3.8) is 0 Å². The van der Waals surface area contributed by atoms with Crippen LogP contribution < -0.4 is 11.5 Å². The molecule has 0 aliphatic heterocycles. The molecule has 0 fully saturated rings. The maximum absolute atomic E-state index is 5.87. The molecule has 0 saturated heterocycles. The van der Waals surface area contributed by atoms with Crippen molar-refractivity contribution in [2.45, 2.75) is 0 Å². The Bertz CT molecular complexity index is 662. The van der Waals surface area contributed by atoms with Crippen LogP contribution in [0.4, 0.5) is 11.5 Å². The van der Waals surface area contributed by atoms with Crippen LogP contribution in [0.5, 0.6) is 0 Å². The smallest absolute Gasteiger partial charge is 0.147 e. The molecule has 0 aliphatic carbocycles. The van der Waals surface area contributed by atoms with E-state index in [0.29, 0.717) is 17.2 Å². The van der Waals surface area contributed by atoms with Crippen molar-refractivity contribution < 1.29 is 0 Å². The molecule has 0 atom stereocenters. The highest BCUT2D eigenvalue weighted by Gasteiger charge is 2.13. The fourth-order valence-electron chi connectivity index (χ4n) is 1.96. The quantitative estimate of drug-likeness (QED) is 0.740. The molecule has 0 aliphatic rings. The van der Waals surface area contributed by atoms with Crippen LogP contribution in [-0.4, -0.2) is 15.0 Å². The number of aromatic nitrogens is 3. The molecule has 4 N–H and O–H groups in total. The number of rotatable bonds is 2. The Morgan fingerprint density at radius 1 is 0.800 bits per heavy atom. The third kappa shape index (κ3) is 2.16. The van der Waals surface area contributed by atoms with Gasteiger partial charge in [-0.05, 0) is 30.3 Å². The van der Waals surface area contributed by atoms with E-state index in [4.69, 9.17) is 11.5 Å². The first-order valence-corrected chi connectivity index (χ1v) is 6.14. The Morgan fingerprint density at radius 3 is 2.05 bits per heavy atom. The topological polar surface area (TPSA) is 90.7 Å². The maximum Gasteiger partial charge on any atom is 0.147 e. The van der Waals surface area contributed by atoms with Gasteiger partial charge in [0.1, 0.15) is 11.5 Å². The molecule has 0 radical (unpaired) electrons. The van der Waals surface area contributed by atoms with E-state index in [1.807, 2.05) is 36.4 Å². The van der Waals surface area contributed by atoms with Crippen LogP contribution in [0, 0.1) is 0 Å². The lowest BCUT2D eigenvalue weighted by Gasteiger charge is -2.10. The van der Waals surface area contributed by atoms with Crippen LogP contribution in [0.25, 0.3) is 22.6 Å². The normalized spacial score (nSPS) is 10.4. The minimum Gasteiger partial charge on any atom is -0.396 e. The van der Waals surface area contributed by atoms with Crippen molar-refractivity contribution in [3.05, 3.63) is 54.9 Å². The van der Waals surface area contributed by atoms with Crippen LogP contribution in [0.3, 0.4) is 0 Å². The minimum absolute atomic E-state index is 0.297. The fourth-order valence-corrected chi connectivity index (χ4v) is 1.96. The highest BCUT2D eigenvalue weighted by molar-refractivity contribution is 5.82. The molecule has 0 saturated carbocycles. The number of anilines is 2. The van der Waals surface area contributed by atoms with Crippen molar-refractivity contribution in [1.82, 2.24) is 15.0 Å². The number of nitrogens with zero attached hydrogens (tertiary/aromatic N) is 3. The van der Waals surface area contributed by atoms with Crippen LogP contribution in [-0.2, 0) is 0 Å². The zero-order valence-electron chi connectivity index (χ0n) is 10.7. The molecular weight excluding hydrogens is 250 g/mol. The summed E-state index contributed by atoms with van der Waals surface area (Å²) in [5.74, 6) is 0.297. The first-order valence-electron chi connectivity index (χ1n) is 6.14. The van der Waals surface area contributed by atoms with Gasteiger partial charge in [-0.15, -0.1) is 0 Å². The predicted octanol–water partition coefficient (Wildman–Crippen LogP) is 2.37. The summed E-state index contributed by atoms with van der Waals surface area (Å²) in [4.78, 5) is 13.0. The molecule has 20 heavy (non-hydrogen) atoms. The minimum atomic E-state index is 0.297. The SMILES string of the molecule is Nc1cc(-c2ccccn2)c(-c2ccccn2)nc1N. The number of hydrogen-bond donors (Lipinski definition) is 2. The van der Waals surface area contributed by atoms with Gasteiger partial charge in [0.05, 0.1) is 17.1 Å². The van der Waals surface area contributed by atoms with Crippen molar-refractivity contribution in [2.24, 2.45) is 0 Å². The van der Waals surface area contributed by atoms with E-state index in [2.05, 4.69) is 15.0 Å². The summed E-state index contributed by atoms with van der Waals surface area (Å²) in [5.41, 5.74) is 15.1. The Balaban J connectivity index is 2.26. The second kappa shape index (κ2) is 4.97. The van der Waals surface area contributed by atoms with E-state index in [0.717, 1.165) is 17.0 Å². The van der Waals surface area contributed by atoms with Crippen molar-refractivity contribution in [3.8, 4) is 22.6 Å². The van der Waals surface area contributed by atoms with Crippen molar-refractivity contribution in [1.29, 1.82) is 0 Å². The van der Waals surface area contributed by atoms with Gasteiger partial charge >= 0.3 is 0 Å². The second-order valence-corrected chi connectivity index (χ2v) is 4.29. The summed E-state index contributed by atoms with van der Waals surface area (Å²) in [6.07, 6.45) is 3.44. The van der Waals surface area contributed by atoms with Crippen LogP contribution >= 0.6 is 0 Å². The Kier molecular flexibility index (Phi) is 3.01. The maximum atomic E-state index is 5.87. The summed E-state index contributed by atoms with van der Waals surface area (Å²) in [7, 11) is 0. The average molecular weight is 263 g/mol. The van der Waals surface area contributed by atoms with Crippen molar-refractivity contribution >= 4 is 11.5 Å². The van der Waals surface area contributed by atoms with Gasteiger partial charge in [0.25, 0.3) is 0 Å². The molecule has 0 amide bonds. The van der Waals surface area contributed by atoms with E-state index in [9.17, 15) is 0 Å². The summed E-state index contributed by atoms with van der Waals surface area (Å²) in [6.45, 7) is 0. The molecule has 3 aromatic rings. The molecule has 3 heterocycles. The van der Waals surface area contributed by atoms with Gasteiger partial charge in [-0.1, -0.05) is 12.1 Å². The summed E-state index contributed by atoms with van der Waals surface area (Å²) in [5, 5.41) is 0. The Morgan fingerprint density at radius 2 is 1.45 bits per heavy atom. The number of nitrogens with two attached hydrogens (primary N) is 2. The molecule has 0 spiro atoms. The molecule has 5 heteroatoms. The van der Waals surface area contributed by atoms with Gasteiger partial charge in [0.15, 0.2) is 0 Å². The van der Waals surface area contributed by atoms with Gasteiger partial charge in [-0.25, -0.2) is 4.98 Å². The summed E-state index contributed by atoms with van der Waals surface area (Å²) >= 11 is 0. The predicted molar refractivity (Wildman–Crippen MR) is 79.5 cm³/mol. The van der Waals surface area contributed by atoms with E-state index in [1.54, 1.807) is 18.5 Å². The zero-order valence-corrected chi connectivity index (χ0v) is 10.7. The van der Waals surface area contributed by atoms with Gasteiger partial charge in [0.2, 0.25) is 0 Å². The molecule has 5 nitrogen and oxygen atoms in total. The molecule has 0 bridgehead atoms. The summed E-state index contributed by atoms with van der Waals surface area (Å²) in [6, 6.07) is 13.1. The first kappa shape index (κ1) is 12.1. The number of hydrogen-bond acceptors (Lipinski definition) is 5. The number of pyridine rings is 3. The molecular formula is C15H13N5. The van der Waals surface area contributed by atoms with E-state index in [1.165, 1.54) is 0 Å². The average Bonchev–Trinajstić information content (AvgIpc) is 2.51. The molecule has 3 aromatic heterocycles.